The molecule has 0 radical (unpaired) electrons. The number of carbonyl (C=O) groups excluding carboxylic acids is 1. The van der Waals surface area contributed by atoms with Crippen LogP contribution in [0.4, 0.5) is 0 Å². The number of carbonyl (C=O) groups is 1. The third-order valence-corrected chi connectivity index (χ3v) is 4.77. The van der Waals surface area contributed by atoms with Crippen LogP contribution in [-0.2, 0) is 0 Å². The molecule has 0 aromatic carbocycles. The third kappa shape index (κ3) is 2.00. The van der Waals surface area contributed by atoms with Crippen molar-refractivity contribution < 1.29 is 4.79 Å². The van der Waals surface area contributed by atoms with Gasteiger partial charge in [0.05, 0.1) is 14.8 Å². The van der Waals surface area contributed by atoms with Crippen molar-refractivity contribution in [3.05, 3.63) is 48.8 Å². The number of imidazole rings is 1. The van der Waals surface area contributed by atoms with Crippen LogP contribution >= 0.6 is 31.9 Å². The van der Waals surface area contributed by atoms with E-state index in [1.807, 2.05) is 6.08 Å². The number of nitrogens with one attached hydrogen (secondary N) is 4. The van der Waals surface area contributed by atoms with E-state index >= 15 is 0 Å². The summed E-state index contributed by atoms with van der Waals surface area (Å²) < 4.78 is 1.42. The number of H-pyrrole nitrogens is 3. The summed E-state index contributed by atoms with van der Waals surface area (Å²) in [5.41, 5.74) is 2.30. The van der Waals surface area contributed by atoms with E-state index in [1.54, 1.807) is 6.20 Å². The Kier molecular flexibility index (Phi) is 2.98. The number of aromatic nitrogens is 3. The molecule has 1 aliphatic heterocycles. The fraction of sp³-hybridized carbons (Fsp3) is 0.0909. The molecular weight excluding hydrogens is 380 g/mol. The second kappa shape index (κ2) is 4.53. The van der Waals surface area contributed by atoms with Gasteiger partial charge in [-0.15, -0.1) is 0 Å². The summed E-state index contributed by atoms with van der Waals surface area (Å²) in [6, 6.07) is 0. The molecule has 0 bridgehead atoms. The molecule has 3 rings (SSSR count). The predicted octanol–water partition coefficient (Wildman–Crippen LogP) is 1.73. The van der Waals surface area contributed by atoms with Gasteiger partial charge in [-0.05, 0) is 31.9 Å². The molecule has 0 atom stereocenters. The molecule has 4 N–H and O–H groups in total. The van der Waals surface area contributed by atoms with Crippen LogP contribution in [0.25, 0.3) is 5.57 Å². The first-order valence-electron chi connectivity index (χ1n) is 5.41. The summed E-state index contributed by atoms with van der Waals surface area (Å²) in [7, 11) is 0. The highest BCUT2D eigenvalue weighted by Gasteiger charge is 2.25. The molecule has 0 spiro atoms. The summed E-state index contributed by atoms with van der Waals surface area (Å²) in [4.78, 5) is 31.4. The lowest BCUT2D eigenvalue weighted by Gasteiger charge is -2.03. The SMILES string of the molecule is O=C1NCC=C(c2c[nH]c(=O)[nH]2)c2c1[nH]c(Br)c2Br. The number of fused-ring (bicyclic) bond motifs is 1. The van der Waals surface area contributed by atoms with Crippen LogP contribution in [0, 0.1) is 0 Å². The minimum absolute atomic E-state index is 0.189. The highest BCUT2D eigenvalue weighted by Crippen LogP contribution is 2.37. The maximum atomic E-state index is 12.0. The first-order valence-corrected chi connectivity index (χ1v) is 7.00. The number of hydrogen-bond donors (Lipinski definition) is 4. The van der Waals surface area contributed by atoms with Crippen LogP contribution in [0.3, 0.4) is 0 Å². The van der Waals surface area contributed by atoms with Gasteiger partial charge in [-0.25, -0.2) is 4.79 Å². The third-order valence-electron chi connectivity index (χ3n) is 2.85. The number of amides is 1. The molecule has 98 valence electrons. The molecule has 2 aromatic rings. The van der Waals surface area contributed by atoms with E-state index in [2.05, 4.69) is 52.1 Å². The normalized spacial score (nSPS) is 14.6. The monoisotopic (exact) mass is 386 g/mol. The lowest BCUT2D eigenvalue weighted by molar-refractivity contribution is 0.0954. The highest BCUT2D eigenvalue weighted by molar-refractivity contribution is 9.13. The van der Waals surface area contributed by atoms with Crippen LogP contribution in [0.1, 0.15) is 21.7 Å². The molecular formula is C11H8Br2N4O2. The van der Waals surface area contributed by atoms with Crippen molar-refractivity contribution >= 4 is 43.3 Å². The lowest BCUT2D eigenvalue weighted by atomic mass is 10.0. The van der Waals surface area contributed by atoms with Crippen molar-refractivity contribution in [2.24, 2.45) is 0 Å². The molecule has 0 aliphatic carbocycles. The molecule has 0 saturated carbocycles. The quantitative estimate of drug-likeness (QED) is 0.599. The molecule has 0 fully saturated rings. The van der Waals surface area contributed by atoms with Crippen molar-refractivity contribution in [3.63, 3.8) is 0 Å². The second-order valence-electron chi connectivity index (χ2n) is 3.99. The zero-order valence-corrected chi connectivity index (χ0v) is 12.6. The standard InChI is InChI=1S/C11H8Br2N4O2/c12-7-6-4(5-3-15-11(19)16-5)1-2-14-10(18)8(6)17-9(7)13/h1,3,17H,2H2,(H,14,18)(H2,15,16,19). The Balaban J connectivity index is 2.26. The zero-order chi connectivity index (χ0) is 13.6. The van der Waals surface area contributed by atoms with E-state index in [0.717, 1.165) is 15.6 Å². The maximum absolute atomic E-state index is 12.0. The minimum atomic E-state index is -0.285. The molecule has 2 aromatic heterocycles. The van der Waals surface area contributed by atoms with Gasteiger partial charge in [-0.3, -0.25) is 4.79 Å². The van der Waals surface area contributed by atoms with E-state index in [-0.39, 0.29) is 11.6 Å². The Bertz CT molecular complexity index is 753. The second-order valence-corrected chi connectivity index (χ2v) is 5.57. The van der Waals surface area contributed by atoms with Gasteiger partial charge in [0.2, 0.25) is 0 Å². The van der Waals surface area contributed by atoms with Crippen LogP contribution in [0.2, 0.25) is 0 Å². The zero-order valence-electron chi connectivity index (χ0n) is 9.43. The minimum Gasteiger partial charge on any atom is -0.347 e. The molecule has 1 aliphatic rings. The largest absolute Gasteiger partial charge is 0.347 e. The highest BCUT2D eigenvalue weighted by atomic mass is 79.9. The van der Waals surface area contributed by atoms with Gasteiger partial charge in [0.25, 0.3) is 5.91 Å². The summed E-state index contributed by atoms with van der Waals surface area (Å²) in [6.07, 6.45) is 3.44. The maximum Gasteiger partial charge on any atom is 0.323 e. The van der Waals surface area contributed by atoms with Crippen molar-refractivity contribution in [2.75, 3.05) is 6.54 Å². The Labute approximate surface area is 123 Å². The van der Waals surface area contributed by atoms with Gasteiger partial charge in [0.15, 0.2) is 0 Å². The topological polar surface area (TPSA) is 93.5 Å². The number of hydrogen-bond acceptors (Lipinski definition) is 2. The van der Waals surface area contributed by atoms with Gasteiger partial charge >= 0.3 is 5.69 Å². The fourth-order valence-electron chi connectivity index (χ4n) is 2.03. The van der Waals surface area contributed by atoms with Crippen LogP contribution in [-0.4, -0.2) is 27.4 Å². The van der Waals surface area contributed by atoms with Gasteiger partial charge in [0.1, 0.15) is 5.69 Å². The van der Waals surface area contributed by atoms with Crippen molar-refractivity contribution in [3.8, 4) is 0 Å². The Morgan fingerprint density at radius 3 is 2.63 bits per heavy atom. The lowest BCUT2D eigenvalue weighted by Crippen LogP contribution is -2.22. The van der Waals surface area contributed by atoms with E-state index in [9.17, 15) is 9.59 Å². The van der Waals surface area contributed by atoms with Crippen LogP contribution < -0.4 is 11.0 Å². The smallest absolute Gasteiger partial charge is 0.323 e. The molecule has 6 nitrogen and oxygen atoms in total. The molecule has 0 saturated heterocycles. The van der Waals surface area contributed by atoms with Crippen LogP contribution in [0.5, 0.6) is 0 Å². The first kappa shape index (κ1) is 12.5. The van der Waals surface area contributed by atoms with Gasteiger partial charge in [-0.1, -0.05) is 6.08 Å². The number of rotatable bonds is 1. The van der Waals surface area contributed by atoms with E-state index in [0.29, 0.717) is 22.5 Å². The van der Waals surface area contributed by atoms with Crippen molar-refractivity contribution in [2.45, 2.75) is 0 Å². The molecule has 3 heterocycles. The molecule has 1 amide bonds. The summed E-state index contributed by atoms with van der Waals surface area (Å²) in [6.45, 7) is 0.397. The van der Waals surface area contributed by atoms with E-state index in [1.165, 1.54) is 0 Å². The average molecular weight is 388 g/mol. The summed E-state index contributed by atoms with van der Waals surface area (Å²) in [5.74, 6) is -0.189. The molecule has 8 heteroatoms. The van der Waals surface area contributed by atoms with Gasteiger partial charge < -0.3 is 20.3 Å². The Morgan fingerprint density at radius 2 is 1.95 bits per heavy atom. The van der Waals surface area contributed by atoms with Crippen molar-refractivity contribution in [1.29, 1.82) is 0 Å². The summed E-state index contributed by atoms with van der Waals surface area (Å²) >= 11 is 6.79. The number of aromatic amines is 3. The molecule has 0 unspecified atom stereocenters. The Morgan fingerprint density at radius 1 is 1.16 bits per heavy atom. The number of halogens is 2. The van der Waals surface area contributed by atoms with Crippen molar-refractivity contribution in [1.82, 2.24) is 20.3 Å². The molecule has 19 heavy (non-hydrogen) atoms. The van der Waals surface area contributed by atoms with E-state index < -0.39 is 0 Å². The summed E-state index contributed by atoms with van der Waals surface area (Å²) in [5, 5.41) is 2.76. The Hall–Kier alpha value is -1.54. The van der Waals surface area contributed by atoms with E-state index in [4.69, 9.17) is 0 Å². The average Bonchev–Trinajstić information content (AvgIpc) is 2.87. The van der Waals surface area contributed by atoms with Crippen LogP contribution in [0.15, 0.2) is 26.1 Å². The van der Waals surface area contributed by atoms with Gasteiger partial charge in [-0.2, -0.15) is 0 Å². The predicted molar refractivity (Wildman–Crippen MR) is 77.0 cm³/mol. The first-order chi connectivity index (χ1) is 9.08. The fourth-order valence-corrected chi connectivity index (χ4v) is 2.94. The van der Waals surface area contributed by atoms with Gasteiger partial charge in [0, 0.05) is 23.9 Å².